The molecule has 0 spiro atoms. The summed E-state index contributed by atoms with van der Waals surface area (Å²) < 4.78 is 21.2. The van der Waals surface area contributed by atoms with Crippen LogP contribution in [0.1, 0.15) is 27.7 Å². The molecular weight excluding hydrogens is 167 g/mol. The van der Waals surface area contributed by atoms with E-state index in [1.165, 1.54) is 0 Å². The van der Waals surface area contributed by atoms with E-state index in [0.29, 0.717) is 0 Å². The van der Waals surface area contributed by atoms with Crippen molar-refractivity contribution in [2.75, 3.05) is 0 Å². The third kappa shape index (κ3) is 5.01. The fraction of sp³-hybridized carbons (Fsp3) is 1.00. The molecule has 0 bridgehead atoms. The van der Waals surface area contributed by atoms with Gasteiger partial charge in [0.2, 0.25) is 0 Å². The molecule has 4 nitrogen and oxygen atoms in total. The molecule has 0 N–H and O–H groups in total. The summed E-state index contributed by atoms with van der Waals surface area (Å²) in [7, 11) is 0. The molecule has 0 radical (unpaired) electrons. The van der Waals surface area contributed by atoms with Gasteiger partial charge < -0.3 is 18.9 Å². The third-order valence-electron chi connectivity index (χ3n) is 1.53. The Morgan fingerprint density at radius 3 is 0.846 bits per heavy atom. The van der Waals surface area contributed by atoms with Crippen LogP contribution in [0.2, 0.25) is 0 Å². The van der Waals surface area contributed by atoms with Gasteiger partial charge in [-0.15, -0.1) is 0 Å². The minimum absolute atomic E-state index is 0. The van der Waals surface area contributed by atoms with Crippen molar-refractivity contribution < 1.29 is 18.9 Å². The summed E-state index contributed by atoms with van der Waals surface area (Å²) in [5.41, 5.74) is 0. The first kappa shape index (κ1) is 13.4. The second-order valence-electron chi connectivity index (χ2n) is 2.81. The number of hydrogen-bond acceptors (Lipinski definition) is 4. The van der Waals surface area contributed by atoms with E-state index < -0.39 is 0 Å². The molecule has 0 aromatic rings. The van der Waals surface area contributed by atoms with Crippen molar-refractivity contribution in [1.29, 1.82) is 0 Å². The van der Waals surface area contributed by atoms with E-state index in [4.69, 9.17) is 18.9 Å². The van der Waals surface area contributed by atoms with Gasteiger partial charge in [-0.25, -0.2) is 0 Å². The average molecular weight is 184 g/mol. The monoisotopic (exact) mass is 184 g/mol. The molecule has 0 aromatic heterocycles. The number of ether oxygens (including phenoxy) is 4. The summed E-state index contributed by atoms with van der Waals surface area (Å²) in [6, 6.07) is 0. The van der Waals surface area contributed by atoms with E-state index in [1.54, 1.807) is 0 Å². The van der Waals surface area contributed by atoms with Crippen molar-refractivity contribution in [3.8, 4) is 0 Å². The summed E-state index contributed by atoms with van der Waals surface area (Å²) in [6.45, 7) is 7.26. The normalized spacial score (nSPS) is 41.5. The SMILES string of the molecule is CC1OC(C)OC(C)OC(C)O1.[LiH]. The van der Waals surface area contributed by atoms with Crippen LogP contribution in [0.5, 0.6) is 0 Å². The zero-order valence-electron chi connectivity index (χ0n) is 7.94. The topological polar surface area (TPSA) is 36.9 Å². The van der Waals surface area contributed by atoms with Crippen molar-refractivity contribution in [2.45, 2.75) is 52.9 Å². The molecule has 0 saturated carbocycles. The van der Waals surface area contributed by atoms with E-state index in [-0.39, 0.29) is 44.0 Å². The second-order valence-corrected chi connectivity index (χ2v) is 2.81. The maximum absolute atomic E-state index is 5.31. The molecule has 0 aromatic carbocycles. The van der Waals surface area contributed by atoms with Crippen LogP contribution in [-0.2, 0) is 18.9 Å². The van der Waals surface area contributed by atoms with Gasteiger partial charge in [0.25, 0.3) is 0 Å². The first-order chi connectivity index (χ1) is 5.58. The van der Waals surface area contributed by atoms with Gasteiger partial charge in [0.05, 0.1) is 0 Å². The van der Waals surface area contributed by atoms with E-state index in [9.17, 15) is 0 Å². The number of hydrogen-bond donors (Lipinski definition) is 0. The Morgan fingerprint density at radius 1 is 0.538 bits per heavy atom. The fourth-order valence-electron chi connectivity index (χ4n) is 1.21. The summed E-state index contributed by atoms with van der Waals surface area (Å²) >= 11 is 0. The van der Waals surface area contributed by atoms with Gasteiger partial charge in [0.15, 0.2) is 25.2 Å². The van der Waals surface area contributed by atoms with Gasteiger partial charge >= 0.3 is 18.9 Å². The average Bonchev–Trinajstić information content (AvgIpc) is 1.81. The molecule has 0 atom stereocenters. The van der Waals surface area contributed by atoms with Crippen LogP contribution in [0.4, 0.5) is 0 Å². The van der Waals surface area contributed by atoms with Crippen LogP contribution >= 0.6 is 0 Å². The number of rotatable bonds is 0. The van der Waals surface area contributed by atoms with Crippen LogP contribution in [0.25, 0.3) is 0 Å². The van der Waals surface area contributed by atoms with Crippen molar-refractivity contribution in [1.82, 2.24) is 0 Å². The second kappa shape index (κ2) is 6.02. The minimum atomic E-state index is -0.289. The fourth-order valence-corrected chi connectivity index (χ4v) is 1.21. The Balaban J connectivity index is 0.00000144. The Kier molecular flexibility index (Phi) is 6.22. The summed E-state index contributed by atoms with van der Waals surface area (Å²) in [6.07, 6.45) is -1.16. The molecule has 5 heteroatoms. The molecule has 1 aliphatic rings. The summed E-state index contributed by atoms with van der Waals surface area (Å²) in [4.78, 5) is 0. The van der Waals surface area contributed by atoms with Crippen molar-refractivity contribution in [3.05, 3.63) is 0 Å². The van der Waals surface area contributed by atoms with Gasteiger partial charge in [-0.05, 0) is 27.7 Å². The van der Waals surface area contributed by atoms with Crippen molar-refractivity contribution >= 4 is 18.9 Å². The molecule has 13 heavy (non-hydrogen) atoms. The van der Waals surface area contributed by atoms with Crippen molar-refractivity contribution in [3.63, 3.8) is 0 Å². The predicted octanol–water partition coefficient (Wildman–Crippen LogP) is 0.802. The molecule has 0 aliphatic carbocycles. The van der Waals surface area contributed by atoms with Crippen LogP contribution in [-0.4, -0.2) is 44.0 Å². The predicted molar refractivity (Wildman–Crippen MR) is 49.3 cm³/mol. The van der Waals surface area contributed by atoms with E-state index in [2.05, 4.69) is 0 Å². The standard InChI is InChI=1S/C8H16O4.Li.H/c1-5-9-6(2)11-8(4)12-7(3)10-5;;/h5-8H,1-4H3;;. The zero-order valence-corrected chi connectivity index (χ0v) is 7.94. The molecule has 1 aliphatic heterocycles. The van der Waals surface area contributed by atoms with Crippen LogP contribution < -0.4 is 0 Å². The molecule has 0 unspecified atom stereocenters. The molecular formula is C8H17LiO4. The van der Waals surface area contributed by atoms with Gasteiger partial charge in [-0.2, -0.15) is 0 Å². The quantitative estimate of drug-likeness (QED) is 0.522. The third-order valence-corrected chi connectivity index (χ3v) is 1.53. The molecule has 1 fully saturated rings. The van der Waals surface area contributed by atoms with E-state index >= 15 is 0 Å². The Bertz CT molecular complexity index is 104. The van der Waals surface area contributed by atoms with Crippen LogP contribution in [0.15, 0.2) is 0 Å². The summed E-state index contributed by atoms with van der Waals surface area (Å²) in [5.74, 6) is 0. The van der Waals surface area contributed by atoms with E-state index in [0.717, 1.165) is 0 Å². The Hall–Kier alpha value is 0.437. The Morgan fingerprint density at radius 2 is 0.692 bits per heavy atom. The molecule has 1 heterocycles. The van der Waals surface area contributed by atoms with Crippen molar-refractivity contribution in [2.24, 2.45) is 0 Å². The molecule has 1 saturated heterocycles. The van der Waals surface area contributed by atoms with Crippen LogP contribution in [0.3, 0.4) is 0 Å². The molecule has 0 amide bonds. The van der Waals surface area contributed by atoms with E-state index in [1.807, 2.05) is 27.7 Å². The van der Waals surface area contributed by atoms with Gasteiger partial charge in [-0.3, -0.25) is 0 Å². The van der Waals surface area contributed by atoms with Gasteiger partial charge in [0.1, 0.15) is 0 Å². The molecule has 74 valence electrons. The van der Waals surface area contributed by atoms with Gasteiger partial charge in [0, 0.05) is 0 Å². The first-order valence-corrected chi connectivity index (χ1v) is 4.20. The van der Waals surface area contributed by atoms with Gasteiger partial charge in [-0.1, -0.05) is 0 Å². The first-order valence-electron chi connectivity index (χ1n) is 4.20. The van der Waals surface area contributed by atoms with Crippen LogP contribution in [0, 0.1) is 0 Å². The summed E-state index contributed by atoms with van der Waals surface area (Å²) in [5, 5.41) is 0. The zero-order chi connectivity index (χ0) is 9.14. The molecule has 1 rings (SSSR count). The maximum atomic E-state index is 5.31. The Labute approximate surface area is 91.0 Å².